The number of nitrogens with one attached hydrogen (secondary N) is 1. The molecule has 0 fully saturated rings. The molecule has 1 aliphatic rings. The van der Waals surface area contributed by atoms with Crippen molar-refractivity contribution in [3.63, 3.8) is 0 Å². The molecule has 1 N–H and O–H groups in total. The zero-order chi connectivity index (χ0) is 18.0. The summed E-state index contributed by atoms with van der Waals surface area (Å²) in [4.78, 5) is 12.5. The largest absolute Gasteiger partial charge is 0.497 e. The van der Waals surface area contributed by atoms with Crippen molar-refractivity contribution in [2.45, 2.75) is 30.1 Å². The van der Waals surface area contributed by atoms with Crippen LogP contribution in [0.5, 0.6) is 5.75 Å². The summed E-state index contributed by atoms with van der Waals surface area (Å²) in [5.74, 6) is -0.671. The minimum absolute atomic E-state index is 0.0325. The number of aryl methyl sites for hydroxylation is 1. The van der Waals surface area contributed by atoms with Crippen molar-refractivity contribution in [3.8, 4) is 5.75 Å². The number of benzene rings is 2. The van der Waals surface area contributed by atoms with Crippen LogP contribution in [0.25, 0.3) is 0 Å². The first-order valence-electron chi connectivity index (χ1n) is 7.90. The number of ether oxygens (including phenoxy) is 1. The average molecular weight is 380 g/mol. The highest BCUT2D eigenvalue weighted by molar-refractivity contribution is 7.90. The Balaban J connectivity index is 1.88. The highest BCUT2D eigenvalue weighted by atomic mass is 35.5. The zero-order valence-electron chi connectivity index (χ0n) is 13.7. The quantitative estimate of drug-likeness (QED) is 0.884. The van der Waals surface area contributed by atoms with E-state index in [0.29, 0.717) is 12.2 Å². The number of hydrogen-bond acceptors (Lipinski definition) is 4. The van der Waals surface area contributed by atoms with Crippen molar-refractivity contribution in [2.24, 2.45) is 0 Å². The fraction of sp³-hybridized carbons (Fsp3) is 0.278. The topological polar surface area (TPSA) is 72.5 Å². The van der Waals surface area contributed by atoms with Crippen molar-refractivity contribution in [3.05, 3.63) is 58.6 Å². The van der Waals surface area contributed by atoms with Gasteiger partial charge < -0.3 is 4.74 Å². The second kappa shape index (κ2) is 7.06. The Morgan fingerprint density at radius 2 is 2.00 bits per heavy atom. The summed E-state index contributed by atoms with van der Waals surface area (Å²) in [6.07, 6.45) is 2.35. The molecule has 1 atom stereocenters. The molecule has 0 radical (unpaired) electrons. The van der Waals surface area contributed by atoms with Crippen molar-refractivity contribution >= 4 is 27.5 Å². The highest BCUT2D eigenvalue weighted by Gasteiger charge is 2.30. The van der Waals surface area contributed by atoms with Crippen LogP contribution in [-0.4, -0.2) is 21.4 Å². The summed E-state index contributed by atoms with van der Waals surface area (Å²) in [5.41, 5.74) is 1.98. The van der Waals surface area contributed by atoms with E-state index in [1.165, 1.54) is 19.2 Å². The fourth-order valence-electron chi connectivity index (χ4n) is 3.10. The molecule has 0 aromatic heterocycles. The molecular weight excluding hydrogens is 362 g/mol. The van der Waals surface area contributed by atoms with Gasteiger partial charge in [-0.05, 0) is 42.5 Å². The minimum atomic E-state index is -4.09. The normalized spacial score (nSPS) is 16.8. The first kappa shape index (κ1) is 17.8. The smallest absolute Gasteiger partial charge is 0.265 e. The Kier molecular flexibility index (Phi) is 5.01. The third-order valence-electron chi connectivity index (χ3n) is 4.35. The molecule has 0 aliphatic heterocycles. The SMILES string of the molecule is COc1ccc(Cl)c(S(=O)(=O)NC(=O)[C@@H]2CCCc3ccccc32)c1. The second-order valence-corrected chi connectivity index (χ2v) is 7.97. The molecule has 0 spiro atoms. The number of sulfonamides is 1. The molecule has 0 saturated carbocycles. The Hall–Kier alpha value is -2.05. The van der Waals surface area contributed by atoms with Crippen LogP contribution in [0.3, 0.4) is 0 Å². The molecular formula is C18H18ClNO4S. The lowest BCUT2D eigenvalue weighted by molar-refractivity contribution is -0.121. The molecule has 5 nitrogen and oxygen atoms in total. The summed E-state index contributed by atoms with van der Waals surface area (Å²) < 4.78 is 32.4. The van der Waals surface area contributed by atoms with Gasteiger partial charge in [0.25, 0.3) is 10.0 Å². The standard InChI is InChI=1S/C18H18ClNO4S/c1-24-13-9-10-16(19)17(11-13)25(22,23)20-18(21)15-8-4-6-12-5-2-3-7-14(12)15/h2-3,5,7,9-11,15H,4,6,8H2,1H3,(H,20,21)/t15-/m1/s1. The van der Waals surface area contributed by atoms with Crippen LogP contribution in [0.15, 0.2) is 47.4 Å². The van der Waals surface area contributed by atoms with Crippen LogP contribution in [0.2, 0.25) is 5.02 Å². The average Bonchev–Trinajstić information content (AvgIpc) is 2.61. The van der Waals surface area contributed by atoms with E-state index in [4.69, 9.17) is 16.3 Å². The van der Waals surface area contributed by atoms with Crippen LogP contribution in [0.1, 0.15) is 29.9 Å². The van der Waals surface area contributed by atoms with Crippen molar-refractivity contribution in [2.75, 3.05) is 7.11 Å². The minimum Gasteiger partial charge on any atom is -0.497 e. The molecule has 3 rings (SSSR count). The molecule has 0 saturated heterocycles. The van der Waals surface area contributed by atoms with E-state index in [9.17, 15) is 13.2 Å². The maximum atomic E-state index is 12.7. The third-order valence-corrected chi connectivity index (χ3v) is 6.18. The van der Waals surface area contributed by atoms with Gasteiger partial charge in [-0.1, -0.05) is 35.9 Å². The first-order chi connectivity index (χ1) is 11.9. The maximum Gasteiger partial charge on any atom is 0.265 e. The van der Waals surface area contributed by atoms with Gasteiger partial charge in [-0.2, -0.15) is 0 Å². The number of carbonyl (C=O) groups is 1. The van der Waals surface area contributed by atoms with Gasteiger partial charge in [0.2, 0.25) is 5.91 Å². The van der Waals surface area contributed by atoms with Crippen molar-refractivity contribution in [1.82, 2.24) is 4.72 Å². The van der Waals surface area contributed by atoms with Gasteiger partial charge in [0.05, 0.1) is 18.1 Å². The predicted octanol–water partition coefficient (Wildman–Crippen LogP) is 3.27. The molecule has 7 heteroatoms. The van der Waals surface area contributed by atoms with Gasteiger partial charge in [0, 0.05) is 6.07 Å². The maximum absolute atomic E-state index is 12.7. The number of halogens is 1. The van der Waals surface area contributed by atoms with Crippen molar-refractivity contribution in [1.29, 1.82) is 0 Å². The summed E-state index contributed by atoms with van der Waals surface area (Å²) in [6, 6.07) is 11.9. The van der Waals surface area contributed by atoms with Gasteiger partial charge in [-0.25, -0.2) is 13.1 Å². The molecule has 1 amide bonds. The van der Waals surface area contributed by atoms with E-state index < -0.39 is 21.8 Å². The molecule has 25 heavy (non-hydrogen) atoms. The Morgan fingerprint density at radius 1 is 1.24 bits per heavy atom. The van der Waals surface area contributed by atoms with Gasteiger partial charge >= 0.3 is 0 Å². The summed E-state index contributed by atoms with van der Waals surface area (Å²) in [5, 5.41) is 0.0325. The lowest BCUT2D eigenvalue weighted by Gasteiger charge is -2.24. The van der Waals surface area contributed by atoms with Gasteiger partial charge in [0.1, 0.15) is 10.6 Å². The zero-order valence-corrected chi connectivity index (χ0v) is 15.2. The summed E-state index contributed by atoms with van der Waals surface area (Å²) in [6.45, 7) is 0. The lowest BCUT2D eigenvalue weighted by atomic mass is 9.82. The van der Waals surface area contributed by atoms with E-state index in [2.05, 4.69) is 4.72 Å². The molecule has 1 aliphatic carbocycles. The van der Waals surface area contributed by atoms with E-state index in [-0.39, 0.29) is 9.92 Å². The van der Waals surface area contributed by atoms with Crippen LogP contribution >= 0.6 is 11.6 Å². The van der Waals surface area contributed by atoms with E-state index in [0.717, 1.165) is 24.0 Å². The first-order valence-corrected chi connectivity index (χ1v) is 9.76. The van der Waals surface area contributed by atoms with Gasteiger partial charge in [0.15, 0.2) is 0 Å². The molecule has 0 unspecified atom stereocenters. The lowest BCUT2D eigenvalue weighted by Crippen LogP contribution is -2.36. The number of fused-ring (bicyclic) bond motifs is 1. The van der Waals surface area contributed by atoms with E-state index in [1.807, 2.05) is 24.3 Å². The molecule has 2 aromatic carbocycles. The van der Waals surface area contributed by atoms with Crippen LogP contribution < -0.4 is 9.46 Å². The fourth-order valence-corrected chi connectivity index (χ4v) is 4.64. The second-order valence-electron chi connectivity index (χ2n) is 5.91. The Labute approximate surface area is 152 Å². The van der Waals surface area contributed by atoms with Gasteiger partial charge in [-0.3, -0.25) is 4.79 Å². The van der Waals surface area contributed by atoms with Crippen LogP contribution in [0.4, 0.5) is 0 Å². The van der Waals surface area contributed by atoms with E-state index >= 15 is 0 Å². The van der Waals surface area contributed by atoms with E-state index in [1.54, 1.807) is 6.07 Å². The monoisotopic (exact) mass is 379 g/mol. The van der Waals surface area contributed by atoms with Crippen molar-refractivity contribution < 1.29 is 17.9 Å². The number of methoxy groups -OCH3 is 1. The number of hydrogen-bond donors (Lipinski definition) is 1. The summed E-state index contributed by atoms with van der Waals surface area (Å²) in [7, 11) is -2.66. The Bertz CT molecular complexity index is 911. The number of rotatable bonds is 4. The molecule has 0 heterocycles. The predicted molar refractivity (Wildman–Crippen MR) is 95.5 cm³/mol. The third kappa shape index (κ3) is 3.65. The summed E-state index contributed by atoms with van der Waals surface area (Å²) >= 11 is 6.00. The van der Waals surface area contributed by atoms with Crippen LogP contribution in [-0.2, 0) is 21.2 Å². The number of carbonyl (C=O) groups excluding carboxylic acids is 1. The van der Waals surface area contributed by atoms with Crippen LogP contribution in [0, 0.1) is 0 Å². The number of amides is 1. The molecule has 132 valence electrons. The van der Waals surface area contributed by atoms with Gasteiger partial charge in [-0.15, -0.1) is 0 Å². The molecule has 2 aromatic rings. The highest BCUT2D eigenvalue weighted by Crippen LogP contribution is 2.32. The Morgan fingerprint density at radius 3 is 2.76 bits per heavy atom. The molecule has 0 bridgehead atoms.